The van der Waals surface area contributed by atoms with Gasteiger partial charge in [0.25, 0.3) is 0 Å². The molecule has 0 amide bonds. The fourth-order valence-corrected chi connectivity index (χ4v) is 6.34. The standard InChI is InChI=1S/C5H6N.3CH3.Sn/c1-5-2-3-6-4-5;;;;/h2-3,6H,1H3;3*1H3;. The molecule has 2 heteroatoms. The van der Waals surface area contributed by atoms with E-state index in [2.05, 4.69) is 32.8 Å². The van der Waals surface area contributed by atoms with Crippen molar-refractivity contribution in [2.75, 3.05) is 0 Å². The first kappa shape index (κ1) is 8.18. The van der Waals surface area contributed by atoms with E-state index in [1.807, 2.05) is 6.20 Å². The molecule has 0 fully saturated rings. The molecule has 0 saturated carbocycles. The number of aryl methyl sites for hydroxylation is 1. The van der Waals surface area contributed by atoms with E-state index in [1.165, 1.54) is 5.56 Å². The van der Waals surface area contributed by atoms with Crippen molar-refractivity contribution in [1.29, 1.82) is 0 Å². The molecule has 1 rings (SSSR count). The molecule has 0 aliphatic carbocycles. The zero-order chi connectivity index (χ0) is 7.78. The van der Waals surface area contributed by atoms with Crippen molar-refractivity contribution in [3.63, 3.8) is 0 Å². The van der Waals surface area contributed by atoms with E-state index in [-0.39, 0.29) is 0 Å². The molecular weight excluding hydrogens is 229 g/mol. The number of hydrogen-bond donors (Lipinski definition) is 1. The van der Waals surface area contributed by atoms with Gasteiger partial charge in [0, 0.05) is 0 Å². The zero-order valence-corrected chi connectivity index (χ0v) is 10.0. The Morgan fingerprint density at radius 2 is 1.90 bits per heavy atom. The van der Waals surface area contributed by atoms with Crippen LogP contribution < -0.4 is 3.71 Å². The molecule has 56 valence electrons. The van der Waals surface area contributed by atoms with Crippen molar-refractivity contribution < 1.29 is 0 Å². The summed E-state index contributed by atoms with van der Waals surface area (Å²) in [7, 11) is 0. The molecule has 0 saturated heterocycles. The summed E-state index contributed by atoms with van der Waals surface area (Å²) in [4.78, 5) is 10.6. The van der Waals surface area contributed by atoms with Gasteiger partial charge >= 0.3 is 66.6 Å². The SMILES string of the molecule is Cc1cc[nH][c]1[Sn]([CH3])([CH3])[CH3]. The first-order valence-corrected chi connectivity index (χ1v) is 13.7. The van der Waals surface area contributed by atoms with Gasteiger partial charge in [-0.05, 0) is 0 Å². The first-order chi connectivity index (χ1) is 4.52. The van der Waals surface area contributed by atoms with E-state index in [0.717, 1.165) is 0 Å². The average molecular weight is 244 g/mol. The van der Waals surface area contributed by atoms with E-state index >= 15 is 0 Å². The number of aromatic amines is 1. The van der Waals surface area contributed by atoms with Crippen LogP contribution in [0.2, 0.25) is 14.8 Å². The summed E-state index contributed by atoms with van der Waals surface area (Å²) in [5, 5.41) is 0. The van der Waals surface area contributed by atoms with Crippen LogP contribution >= 0.6 is 0 Å². The molecule has 0 aliphatic heterocycles. The Hall–Kier alpha value is 0.0787. The van der Waals surface area contributed by atoms with Gasteiger partial charge in [-0.3, -0.25) is 0 Å². The second-order valence-electron chi connectivity index (χ2n) is 3.79. The summed E-state index contributed by atoms with van der Waals surface area (Å²) in [6.45, 7) is 2.19. The van der Waals surface area contributed by atoms with Gasteiger partial charge in [-0.1, -0.05) is 0 Å². The molecule has 0 atom stereocenters. The van der Waals surface area contributed by atoms with E-state index in [0.29, 0.717) is 0 Å². The van der Waals surface area contributed by atoms with Crippen LogP contribution in [0.1, 0.15) is 5.56 Å². The maximum absolute atomic E-state index is 3.34. The van der Waals surface area contributed by atoms with Crippen molar-refractivity contribution in [1.82, 2.24) is 4.98 Å². The third-order valence-corrected chi connectivity index (χ3v) is 7.52. The van der Waals surface area contributed by atoms with E-state index < -0.39 is 18.4 Å². The predicted molar refractivity (Wildman–Crippen MR) is 48.5 cm³/mol. The molecule has 0 bridgehead atoms. The third kappa shape index (κ3) is 1.57. The molecule has 0 aromatic carbocycles. The van der Waals surface area contributed by atoms with Crippen LogP contribution in [0.25, 0.3) is 0 Å². The average Bonchev–Trinajstić information content (AvgIpc) is 2.11. The van der Waals surface area contributed by atoms with Gasteiger partial charge in [0.15, 0.2) is 0 Å². The predicted octanol–water partition coefficient (Wildman–Crippen LogP) is 1.87. The summed E-state index contributed by atoms with van der Waals surface area (Å²) >= 11 is -1.77. The zero-order valence-electron chi connectivity index (χ0n) is 7.15. The third-order valence-electron chi connectivity index (χ3n) is 1.71. The van der Waals surface area contributed by atoms with Crippen LogP contribution in [-0.2, 0) is 0 Å². The summed E-state index contributed by atoms with van der Waals surface area (Å²) in [6.07, 6.45) is 2.05. The normalized spacial score (nSPS) is 12.0. The number of H-pyrrole nitrogens is 1. The molecule has 0 spiro atoms. The molecule has 1 nitrogen and oxygen atoms in total. The monoisotopic (exact) mass is 245 g/mol. The molecule has 1 N–H and O–H groups in total. The van der Waals surface area contributed by atoms with Crippen molar-refractivity contribution >= 4 is 22.1 Å². The van der Waals surface area contributed by atoms with Crippen LogP contribution in [0.5, 0.6) is 0 Å². The number of aromatic nitrogens is 1. The molecule has 1 aromatic rings. The molecule has 0 aliphatic rings. The molecule has 0 radical (unpaired) electrons. The molecule has 1 aromatic heterocycles. The number of nitrogens with one attached hydrogen (secondary N) is 1. The fraction of sp³-hybridized carbons (Fsp3) is 0.500. The summed E-state index contributed by atoms with van der Waals surface area (Å²) < 4.78 is 1.55. The maximum atomic E-state index is 3.34. The minimum atomic E-state index is -1.77. The Kier molecular flexibility index (Phi) is 2.13. The Morgan fingerprint density at radius 3 is 2.10 bits per heavy atom. The summed E-state index contributed by atoms with van der Waals surface area (Å²) in [5.74, 6) is 0. The van der Waals surface area contributed by atoms with Crippen molar-refractivity contribution in [3.05, 3.63) is 17.8 Å². The first-order valence-electron chi connectivity index (χ1n) is 3.66. The Labute approximate surface area is 66.7 Å². The van der Waals surface area contributed by atoms with Crippen LogP contribution in [0.15, 0.2) is 12.3 Å². The Bertz CT molecular complexity index is 219. The second-order valence-corrected chi connectivity index (χ2v) is 18.1. The van der Waals surface area contributed by atoms with Gasteiger partial charge < -0.3 is 0 Å². The van der Waals surface area contributed by atoms with E-state index in [4.69, 9.17) is 0 Å². The quantitative estimate of drug-likeness (QED) is 0.725. The van der Waals surface area contributed by atoms with Gasteiger partial charge in [0.2, 0.25) is 0 Å². The van der Waals surface area contributed by atoms with Gasteiger partial charge in [-0.25, -0.2) is 0 Å². The Morgan fingerprint density at radius 1 is 1.30 bits per heavy atom. The van der Waals surface area contributed by atoms with Gasteiger partial charge in [0.05, 0.1) is 0 Å². The van der Waals surface area contributed by atoms with E-state index in [1.54, 1.807) is 3.71 Å². The molecule has 10 heavy (non-hydrogen) atoms. The van der Waals surface area contributed by atoms with E-state index in [9.17, 15) is 0 Å². The van der Waals surface area contributed by atoms with Crippen LogP contribution in [0, 0.1) is 6.92 Å². The summed E-state index contributed by atoms with van der Waals surface area (Å²) in [5.41, 5.74) is 1.45. The van der Waals surface area contributed by atoms with Crippen LogP contribution in [0.3, 0.4) is 0 Å². The van der Waals surface area contributed by atoms with Crippen LogP contribution in [-0.4, -0.2) is 23.4 Å². The fourth-order valence-electron chi connectivity index (χ4n) is 1.26. The summed E-state index contributed by atoms with van der Waals surface area (Å²) in [6, 6.07) is 2.16. The van der Waals surface area contributed by atoms with Gasteiger partial charge in [0.1, 0.15) is 0 Å². The van der Waals surface area contributed by atoms with Crippen molar-refractivity contribution in [2.45, 2.75) is 21.7 Å². The minimum absolute atomic E-state index is 1.45. The molecule has 1 heterocycles. The number of rotatable bonds is 1. The van der Waals surface area contributed by atoms with Crippen LogP contribution in [0.4, 0.5) is 0 Å². The topological polar surface area (TPSA) is 15.8 Å². The van der Waals surface area contributed by atoms with Gasteiger partial charge in [-0.2, -0.15) is 0 Å². The number of hydrogen-bond acceptors (Lipinski definition) is 0. The second kappa shape index (κ2) is 2.61. The molecule has 0 unspecified atom stereocenters. The van der Waals surface area contributed by atoms with Gasteiger partial charge in [-0.15, -0.1) is 0 Å². The van der Waals surface area contributed by atoms with Crippen molar-refractivity contribution in [2.24, 2.45) is 0 Å². The molecular formula is C8H15NSn. The van der Waals surface area contributed by atoms with Crippen molar-refractivity contribution in [3.8, 4) is 0 Å². The Balaban J connectivity index is 3.05.